The molecule has 0 heterocycles. The number of rotatable bonds is 7. The van der Waals surface area contributed by atoms with E-state index in [9.17, 15) is 14.4 Å². The van der Waals surface area contributed by atoms with Crippen LogP contribution in [0.2, 0.25) is 0 Å². The van der Waals surface area contributed by atoms with Gasteiger partial charge in [0.2, 0.25) is 11.8 Å². The summed E-state index contributed by atoms with van der Waals surface area (Å²) >= 11 is 0. The van der Waals surface area contributed by atoms with Crippen molar-refractivity contribution in [2.24, 2.45) is 11.7 Å². The number of amides is 3. The highest BCUT2D eigenvalue weighted by Gasteiger charge is 2.18. The van der Waals surface area contributed by atoms with Gasteiger partial charge in [-0.15, -0.1) is 12.4 Å². The average Bonchev–Trinajstić information content (AvgIpc) is 2.68. The summed E-state index contributed by atoms with van der Waals surface area (Å²) in [4.78, 5) is 36.3. The Balaban J connectivity index is 0.00000420. The molecule has 29 heavy (non-hydrogen) atoms. The van der Waals surface area contributed by atoms with Gasteiger partial charge in [-0.3, -0.25) is 14.4 Å². The number of hydrogen-bond donors (Lipinski definition) is 4. The van der Waals surface area contributed by atoms with Gasteiger partial charge < -0.3 is 21.7 Å². The Morgan fingerprint density at radius 2 is 1.66 bits per heavy atom. The Morgan fingerprint density at radius 1 is 1.00 bits per heavy atom. The largest absolute Gasteiger partial charge is 0.346 e. The van der Waals surface area contributed by atoms with Crippen molar-refractivity contribution in [1.29, 1.82) is 0 Å². The van der Waals surface area contributed by atoms with E-state index < -0.39 is 6.04 Å². The monoisotopic (exact) mass is 418 g/mol. The topological polar surface area (TPSA) is 113 Å². The third kappa shape index (κ3) is 7.21. The van der Waals surface area contributed by atoms with Gasteiger partial charge in [0.15, 0.2) is 0 Å². The van der Waals surface area contributed by atoms with Crippen molar-refractivity contribution in [3.8, 4) is 0 Å². The fourth-order valence-electron chi connectivity index (χ4n) is 2.41. The Bertz CT molecular complexity index is 856. The predicted octanol–water partition coefficient (Wildman–Crippen LogP) is 2.71. The van der Waals surface area contributed by atoms with Crippen LogP contribution in [0.3, 0.4) is 0 Å². The lowest BCUT2D eigenvalue weighted by Crippen LogP contribution is -2.46. The van der Waals surface area contributed by atoms with Crippen LogP contribution in [0.15, 0.2) is 48.5 Å². The van der Waals surface area contributed by atoms with Crippen LogP contribution >= 0.6 is 12.4 Å². The number of anilines is 2. The van der Waals surface area contributed by atoms with Gasteiger partial charge in [0.25, 0.3) is 5.91 Å². The second-order valence-corrected chi connectivity index (χ2v) is 6.89. The molecule has 8 heteroatoms. The third-order valence-electron chi connectivity index (χ3n) is 4.25. The van der Waals surface area contributed by atoms with E-state index in [0.29, 0.717) is 16.9 Å². The van der Waals surface area contributed by atoms with Crippen LogP contribution < -0.4 is 21.7 Å². The van der Waals surface area contributed by atoms with Crippen molar-refractivity contribution < 1.29 is 14.4 Å². The number of carbonyl (C=O) groups excluding carboxylic acids is 3. The number of nitrogens with one attached hydrogen (secondary N) is 3. The minimum Gasteiger partial charge on any atom is -0.346 e. The first-order valence-electron chi connectivity index (χ1n) is 9.08. The van der Waals surface area contributed by atoms with Crippen LogP contribution in [0.4, 0.5) is 11.4 Å². The molecule has 3 amide bonds. The molecule has 0 unspecified atom stereocenters. The molecule has 156 valence electrons. The lowest BCUT2D eigenvalue weighted by Gasteiger charge is -2.16. The van der Waals surface area contributed by atoms with Gasteiger partial charge in [-0.2, -0.15) is 0 Å². The first-order valence-corrected chi connectivity index (χ1v) is 9.08. The molecule has 0 aromatic heterocycles. The number of hydrogen-bond acceptors (Lipinski definition) is 4. The molecule has 0 aliphatic heterocycles. The Hall–Kier alpha value is -2.90. The van der Waals surface area contributed by atoms with Crippen LogP contribution in [0.1, 0.15) is 29.8 Å². The molecular weight excluding hydrogens is 392 g/mol. The zero-order chi connectivity index (χ0) is 20.7. The minimum absolute atomic E-state index is 0. The molecule has 2 rings (SSSR count). The molecule has 2 aromatic carbocycles. The van der Waals surface area contributed by atoms with Gasteiger partial charge in [0.1, 0.15) is 0 Å². The molecule has 0 saturated heterocycles. The van der Waals surface area contributed by atoms with Crippen molar-refractivity contribution >= 4 is 41.5 Å². The van der Waals surface area contributed by atoms with E-state index in [2.05, 4.69) is 16.0 Å². The number of nitrogens with two attached hydrogens (primary N) is 1. The number of carbonyl (C=O) groups is 3. The molecular formula is C21H27ClN4O3. The summed E-state index contributed by atoms with van der Waals surface area (Å²) in [5, 5.41) is 8.07. The summed E-state index contributed by atoms with van der Waals surface area (Å²) in [6, 6.07) is 13.4. The maximum atomic E-state index is 12.3. The van der Waals surface area contributed by atoms with E-state index in [4.69, 9.17) is 5.73 Å². The first kappa shape index (κ1) is 24.1. The first-order chi connectivity index (χ1) is 13.3. The summed E-state index contributed by atoms with van der Waals surface area (Å²) in [5.74, 6) is -1.00. The Morgan fingerprint density at radius 3 is 2.28 bits per heavy atom. The molecule has 0 spiro atoms. The maximum Gasteiger partial charge on any atom is 0.255 e. The standard InChI is InChI=1S/C21H26N4O3.ClH/c1-13(2)19(22)21(28)23-12-18(26)25-17-11-16(10-9-14(17)3)24-20(27)15-7-5-4-6-8-15;/h4-11,13,19H,12,22H2,1-3H3,(H,23,28)(H,24,27)(H,25,26);1H/t19-;/m0./s1. The predicted molar refractivity (Wildman–Crippen MR) is 117 cm³/mol. The number of halogens is 1. The highest BCUT2D eigenvalue weighted by atomic mass is 35.5. The number of aryl methyl sites for hydroxylation is 1. The quantitative estimate of drug-likeness (QED) is 0.553. The summed E-state index contributed by atoms with van der Waals surface area (Å²) in [7, 11) is 0. The Labute approximate surface area is 176 Å². The van der Waals surface area contributed by atoms with Crippen LogP contribution in [0, 0.1) is 12.8 Å². The van der Waals surface area contributed by atoms with Crippen molar-refractivity contribution in [2.75, 3.05) is 17.2 Å². The maximum absolute atomic E-state index is 12.3. The van der Waals surface area contributed by atoms with Crippen LogP contribution in [0.5, 0.6) is 0 Å². The van der Waals surface area contributed by atoms with Crippen LogP contribution in [-0.4, -0.2) is 30.3 Å². The van der Waals surface area contributed by atoms with Gasteiger partial charge in [0, 0.05) is 16.9 Å². The van der Waals surface area contributed by atoms with Gasteiger partial charge in [-0.25, -0.2) is 0 Å². The van der Waals surface area contributed by atoms with Crippen molar-refractivity contribution in [3.05, 3.63) is 59.7 Å². The lowest BCUT2D eigenvalue weighted by molar-refractivity contribution is -0.125. The molecule has 0 saturated carbocycles. The second kappa shape index (κ2) is 11.2. The molecule has 1 atom stereocenters. The van der Waals surface area contributed by atoms with Crippen LogP contribution in [-0.2, 0) is 9.59 Å². The van der Waals surface area contributed by atoms with E-state index in [-0.39, 0.29) is 42.6 Å². The molecule has 2 aromatic rings. The smallest absolute Gasteiger partial charge is 0.255 e. The van der Waals surface area contributed by atoms with Gasteiger partial charge in [-0.05, 0) is 42.7 Å². The Kier molecular flexibility index (Phi) is 9.31. The van der Waals surface area contributed by atoms with E-state index >= 15 is 0 Å². The minimum atomic E-state index is -0.661. The van der Waals surface area contributed by atoms with Crippen molar-refractivity contribution in [2.45, 2.75) is 26.8 Å². The normalized spacial score (nSPS) is 11.2. The van der Waals surface area contributed by atoms with E-state index in [1.165, 1.54) is 0 Å². The zero-order valence-corrected chi connectivity index (χ0v) is 17.5. The van der Waals surface area contributed by atoms with Gasteiger partial charge in [0.05, 0.1) is 12.6 Å². The van der Waals surface area contributed by atoms with Gasteiger partial charge in [-0.1, -0.05) is 38.1 Å². The third-order valence-corrected chi connectivity index (χ3v) is 4.25. The molecule has 0 radical (unpaired) electrons. The lowest BCUT2D eigenvalue weighted by atomic mass is 10.1. The molecule has 0 bridgehead atoms. The molecule has 5 N–H and O–H groups in total. The summed E-state index contributed by atoms with van der Waals surface area (Å²) in [6.45, 7) is 5.33. The summed E-state index contributed by atoms with van der Waals surface area (Å²) < 4.78 is 0. The zero-order valence-electron chi connectivity index (χ0n) is 16.7. The van der Waals surface area contributed by atoms with Crippen LogP contribution in [0.25, 0.3) is 0 Å². The molecule has 0 aliphatic rings. The van der Waals surface area contributed by atoms with E-state index in [1.807, 2.05) is 26.8 Å². The van der Waals surface area contributed by atoms with Crippen molar-refractivity contribution in [3.63, 3.8) is 0 Å². The summed E-state index contributed by atoms with van der Waals surface area (Å²) in [5.41, 5.74) is 8.23. The second-order valence-electron chi connectivity index (χ2n) is 6.89. The highest BCUT2D eigenvalue weighted by Crippen LogP contribution is 2.21. The number of benzene rings is 2. The fourth-order valence-corrected chi connectivity index (χ4v) is 2.41. The van der Waals surface area contributed by atoms with Gasteiger partial charge >= 0.3 is 0 Å². The average molecular weight is 419 g/mol. The molecule has 0 aliphatic carbocycles. The van der Waals surface area contributed by atoms with E-state index in [0.717, 1.165) is 5.56 Å². The highest BCUT2D eigenvalue weighted by molar-refractivity contribution is 6.05. The molecule has 0 fully saturated rings. The SMILES string of the molecule is Cc1ccc(NC(=O)c2ccccc2)cc1NC(=O)CNC(=O)[C@@H](N)C(C)C.Cl. The fraction of sp³-hybridized carbons (Fsp3) is 0.286. The summed E-state index contributed by atoms with van der Waals surface area (Å²) in [6.07, 6.45) is 0. The van der Waals surface area contributed by atoms with Crippen molar-refractivity contribution in [1.82, 2.24) is 5.32 Å². The molecule has 7 nitrogen and oxygen atoms in total. The van der Waals surface area contributed by atoms with E-state index in [1.54, 1.807) is 42.5 Å².